The molecule has 0 aliphatic heterocycles. The third-order valence-corrected chi connectivity index (χ3v) is 6.65. The van der Waals surface area contributed by atoms with Crippen LogP contribution in [0.3, 0.4) is 0 Å². The Bertz CT molecular complexity index is 1310. The van der Waals surface area contributed by atoms with Crippen LogP contribution in [0.1, 0.15) is 28.1 Å². The van der Waals surface area contributed by atoms with Crippen molar-refractivity contribution in [3.8, 4) is 0 Å². The van der Waals surface area contributed by atoms with E-state index in [1.54, 1.807) is 25.3 Å². The molecule has 0 saturated carbocycles. The first kappa shape index (κ1) is 20.3. The highest BCUT2D eigenvalue weighted by Gasteiger charge is 2.19. The number of aromatic nitrogens is 3. The third-order valence-electron chi connectivity index (χ3n) is 5.08. The maximum absolute atomic E-state index is 12.9. The second-order valence-electron chi connectivity index (χ2n) is 7.54. The van der Waals surface area contributed by atoms with Crippen molar-refractivity contribution < 1.29 is 8.42 Å². The summed E-state index contributed by atoms with van der Waals surface area (Å²) >= 11 is 0. The van der Waals surface area contributed by atoms with Gasteiger partial charge in [0.2, 0.25) is 10.0 Å². The minimum atomic E-state index is -3.66. The van der Waals surface area contributed by atoms with Gasteiger partial charge < -0.3 is 4.57 Å². The van der Waals surface area contributed by atoms with Crippen molar-refractivity contribution in [1.82, 2.24) is 19.3 Å². The number of benzene rings is 2. The predicted octanol–water partition coefficient (Wildman–Crippen LogP) is 3.88. The summed E-state index contributed by atoms with van der Waals surface area (Å²) in [5, 5.41) is 0. The summed E-state index contributed by atoms with van der Waals surface area (Å²) < 4.78 is 30.5. The number of hydrogen-bond donors (Lipinski definition) is 1. The number of nitrogens with zero attached hydrogens (tertiary/aromatic N) is 3. The third kappa shape index (κ3) is 4.13. The Morgan fingerprint density at radius 3 is 2.43 bits per heavy atom. The number of hydrogen-bond acceptors (Lipinski definition) is 4. The van der Waals surface area contributed by atoms with Crippen LogP contribution in [0.15, 0.2) is 65.7 Å². The zero-order valence-corrected chi connectivity index (χ0v) is 18.1. The van der Waals surface area contributed by atoms with Gasteiger partial charge in [-0.2, -0.15) is 0 Å². The lowest BCUT2D eigenvalue weighted by Gasteiger charge is -2.12. The molecule has 2 aromatic heterocycles. The molecular weight excluding hydrogens is 396 g/mol. The molecule has 0 spiro atoms. The van der Waals surface area contributed by atoms with E-state index in [1.807, 2.05) is 36.6 Å². The van der Waals surface area contributed by atoms with Gasteiger partial charge in [0.05, 0.1) is 18.0 Å². The quantitative estimate of drug-likeness (QED) is 0.513. The van der Waals surface area contributed by atoms with Gasteiger partial charge in [-0.05, 0) is 50.1 Å². The van der Waals surface area contributed by atoms with E-state index in [4.69, 9.17) is 0 Å². The topological polar surface area (TPSA) is 76.9 Å². The van der Waals surface area contributed by atoms with Crippen LogP contribution in [0.2, 0.25) is 0 Å². The molecule has 154 valence electrons. The van der Waals surface area contributed by atoms with Crippen LogP contribution >= 0.6 is 0 Å². The summed E-state index contributed by atoms with van der Waals surface area (Å²) in [6.45, 7) is 6.44. The number of pyridine rings is 1. The largest absolute Gasteiger partial charge is 0.307 e. The van der Waals surface area contributed by atoms with Gasteiger partial charge in [0, 0.05) is 6.20 Å². The monoisotopic (exact) mass is 420 g/mol. The standard InChI is InChI=1S/C23H24N4O2S/c1-16-6-9-19(10-7-16)15-27-22(26-20-5-4-12-24-23(20)27)14-25-30(28,29)21-11-8-17(2)13-18(21)3/h4-13,25H,14-15H2,1-3H3. The van der Waals surface area contributed by atoms with Crippen molar-refractivity contribution in [3.05, 3.63) is 88.9 Å². The molecule has 6 nitrogen and oxygen atoms in total. The smallest absolute Gasteiger partial charge is 0.241 e. The molecule has 0 fully saturated rings. The maximum atomic E-state index is 12.9. The molecular formula is C23H24N4O2S. The Morgan fingerprint density at radius 2 is 1.70 bits per heavy atom. The molecule has 4 rings (SSSR count). The van der Waals surface area contributed by atoms with Gasteiger partial charge >= 0.3 is 0 Å². The van der Waals surface area contributed by atoms with E-state index < -0.39 is 10.0 Å². The van der Waals surface area contributed by atoms with E-state index in [-0.39, 0.29) is 11.4 Å². The molecule has 1 N–H and O–H groups in total. The highest BCUT2D eigenvalue weighted by Crippen LogP contribution is 2.19. The molecule has 2 heterocycles. The number of sulfonamides is 1. The zero-order chi connectivity index (χ0) is 21.3. The number of rotatable bonds is 6. The summed E-state index contributed by atoms with van der Waals surface area (Å²) in [5.74, 6) is 0.623. The average Bonchev–Trinajstić information content (AvgIpc) is 3.05. The van der Waals surface area contributed by atoms with Gasteiger partial charge in [-0.15, -0.1) is 0 Å². The molecule has 0 aliphatic rings. The fraction of sp³-hybridized carbons (Fsp3) is 0.217. The lowest BCUT2D eigenvalue weighted by molar-refractivity contribution is 0.576. The van der Waals surface area contributed by atoms with Gasteiger partial charge in [-0.1, -0.05) is 47.5 Å². The summed E-state index contributed by atoms with van der Waals surface area (Å²) in [6, 6.07) is 17.3. The van der Waals surface area contributed by atoms with Crippen LogP contribution in [0.5, 0.6) is 0 Å². The lowest BCUT2D eigenvalue weighted by atomic mass is 10.1. The average molecular weight is 421 g/mol. The maximum Gasteiger partial charge on any atom is 0.241 e. The van der Waals surface area contributed by atoms with Gasteiger partial charge in [-0.25, -0.2) is 23.1 Å². The minimum Gasteiger partial charge on any atom is -0.307 e. The first-order valence-electron chi connectivity index (χ1n) is 9.76. The van der Waals surface area contributed by atoms with Crippen LogP contribution in [0.4, 0.5) is 0 Å². The van der Waals surface area contributed by atoms with Gasteiger partial charge in [-0.3, -0.25) is 0 Å². The van der Waals surface area contributed by atoms with Crippen molar-refractivity contribution in [2.24, 2.45) is 0 Å². The number of fused-ring (bicyclic) bond motifs is 1. The summed E-state index contributed by atoms with van der Waals surface area (Å²) in [6.07, 6.45) is 1.72. The zero-order valence-electron chi connectivity index (χ0n) is 17.3. The molecule has 0 aliphatic carbocycles. The fourth-order valence-corrected chi connectivity index (χ4v) is 4.73. The highest BCUT2D eigenvalue weighted by atomic mass is 32.2. The van der Waals surface area contributed by atoms with Gasteiger partial charge in [0.1, 0.15) is 11.3 Å². The molecule has 0 bridgehead atoms. The minimum absolute atomic E-state index is 0.0812. The second-order valence-corrected chi connectivity index (χ2v) is 9.27. The Kier molecular flexibility index (Phi) is 5.40. The molecule has 0 radical (unpaired) electrons. The molecule has 7 heteroatoms. The second kappa shape index (κ2) is 8.01. The van der Waals surface area contributed by atoms with Crippen molar-refractivity contribution in [2.75, 3.05) is 0 Å². The van der Waals surface area contributed by atoms with Crippen LogP contribution in [-0.2, 0) is 23.1 Å². The van der Waals surface area contributed by atoms with Crippen molar-refractivity contribution in [2.45, 2.75) is 38.8 Å². The Morgan fingerprint density at radius 1 is 0.967 bits per heavy atom. The highest BCUT2D eigenvalue weighted by molar-refractivity contribution is 7.89. The van der Waals surface area contributed by atoms with E-state index in [1.165, 1.54) is 5.56 Å². The van der Waals surface area contributed by atoms with Crippen molar-refractivity contribution in [3.63, 3.8) is 0 Å². The van der Waals surface area contributed by atoms with Crippen molar-refractivity contribution in [1.29, 1.82) is 0 Å². The van der Waals surface area contributed by atoms with Crippen LogP contribution in [0.25, 0.3) is 11.2 Å². The molecule has 0 atom stereocenters. The Hall–Kier alpha value is -3.03. The molecule has 4 aromatic rings. The predicted molar refractivity (Wildman–Crippen MR) is 118 cm³/mol. The molecule has 2 aromatic carbocycles. The molecule has 0 saturated heterocycles. The lowest BCUT2D eigenvalue weighted by Crippen LogP contribution is -2.26. The van der Waals surface area contributed by atoms with E-state index in [0.717, 1.165) is 27.9 Å². The first-order valence-corrected chi connectivity index (χ1v) is 11.2. The number of nitrogens with one attached hydrogen (secondary N) is 1. The van der Waals surface area contributed by atoms with E-state index in [9.17, 15) is 8.42 Å². The first-order chi connectivity index (χ1) is 14.3. The van der Waals surface area contributed by atoms with Crippen LogP contribution in [-0.4, -0.2) is 23.0 Å². The molecule has 0 amide bonds. The summed E-state index contributed by atoms with van der Waals surface area (Å²) in [4.78, 5) is 9.38. The Balaban J connectivity index is 1.66. The fourth-order valence-electron chi connectivity index (χ4n) is 3.52. The van der Waals surface area contributed by atoms with Gasteiger partial charge in [0.25, 0.3) is 0 Å². The SMILES string of the molecule is Cc1ccc(Cn2c(CNS(=O)(=O)c3ccc(C)cc3C)nc3cccnc32)cc1. The summed E-state index contributed by atoms with van der Waals surface area (Å²) in [7, 11) is -3.66. The van der Waals surface area contributed by atoms with Crippen LogP contribution < -0.4 is 4.72 Å². The molecule has 30 heavy (non-hydrogen) atoms. The molecule has 0 unspecified atom stereocenters. The van der Waals surface area contributed by atoms with E-state index in [0.29, 0.717) is 12.4 Å². The van der Waals surface area contributed by atoms with Crippen LogP contribution in [0, 0.1) is 20.8 Å². The number of imidazole rings is 1. The van der Waals surface area contributed by atoms with E-state index in [2.05, 4.69) is 39.0 Å². The summed E-state index contributed by atoms with van der Waals surface area (Å²) in [5.41, 5.74) is 5.51. The number of aryl methyl sites for hydroxylation is 3. The van der Waals surface area contributed by atoms with Gasteiger partial charge in [0.15, 0.2) is 5.65 Å². The normalized spacial score (nSPS) is 11.8. The Labute approximate surface area is 176 Å². The van der Waals surface area contributed by atoms with E-state index >= 15 is 0 Å². The van der Waals surface area contributed by atoms with Crippen molar-refractivity contribution >= 4 is 21.2 Å².